The fraction of sp³-hybridized carbons (Fsp3) is 0.323. The molecule has 1 aromatic heterocycles. The second-order valence-corrected chi connectivity index (χ2v) is 10.7. The van der Waals surface area contributed by atoms with E-state index < -0.39 is 58.6 Å². The number of aromatic nitrogens is 2. The molecule has 5 N–H and O–H groups in total. The van der Waals surface area contributed by atoms with Crippen LogP contribution >= 0.6 is 0 Å². The van der Waals surface area contributed by atoms with Gasteiger partial charge in [0.25, 0.3) is 5.91 Å². The third-order valence-corrected chi connectivity index (χ3v) is 7.19. The average Bonchev–Trinajstić information content (AvgIpc) is 3.60. The highest BCUT2D eigenvalue weighted by atomic mass is 16.6. The number of carboxylic acid groups (broad SMARTS) is 1. The number of carboxylic acids is 1. The summed E-state index contributed by atoms with van der Waals surface area (Å²) in [5.41, 5.74) is 5.76. The number of rotatable bonds is 15. The van der Waals surface area contributed by atoms with Gasteiger partial charge in [-0.15, -0.1) is 0 Å². The lowest BCUT2D eigenvalue weighted by Gasteiger charge is -2.20. The third kappa shape index (κ3) is 8.45. The zero-order chi connectivity index (χ0) is 35.8. The Kier molecular flexibility index (Phi) is 11.1. The molecular formula is C31H34N10O8. The Morgan fingerprint density at radius 3 is 2.47 bits per heavy atom. The van der Waals surface area contributed by atoms with Crippen molar-refractivity contribution in [3.63, 3.8) is 0 Å². The van der Waals surface area contributed by atoms with E-state index in [9.17, 15) is 34.9 Å². The van der Waals surface area contributed by atoms with Gasteiger partial charge in [-0.05, 0) is 44.2 Å². The minimum absolute atomic E-state index is 0.0342. The number of nitriles is 1. The van der Waals surface area contributed by atoms with Crippen LogP contribution in [0.1, 0.15) is 41.8 Å². The standard InChI is InChI=1S/C31H34N10O8/c1-5-40(6-2)29(43)21-8-7-17(16-32)11-23(21)49-31-37-27(36-22(30(44)45)15-24(33)42)25(41(46)47)28(38-31)48-20-13-18(26-34-9-10-35-26)12-19(14-20)39(3)4/h7-8,11-14,22H,5-6,9-10,15H2,1-4H3,(H2,33,42)(H,34,35)(H,44,45)(H,36,37,38). The number of amidine groups is 1. The molecule has 0 spiro atoms. The summed E-state index contributed by atoms with van der Waals surface area (Å²) in [4.78, 5) is 64.6. The first kappa shape index (κ1) is 35.3. The smallest absolute Gasteiger partial charge is 0.373 e. The van der Waals surface area contributed by atoms with Gasteiger partial charge < -0.3 is 40.7 Å². The highest BCUT2D eigenvalue weighted by molar-refractivity contribution is 6.01. The molecule has 1 atom stereocenters. The fourth-order valence-corrected chi connectivity index (χ4v) is 4.74. The molecule has 0 saturated carbocycles. The number of carbonyl (C=O) groups excluding carboxylic acids is 2. The summed E-state index contributed by atoms with van der Waals surface area (Å²) in [7, 11) is 3.57. The molecule has 0 radical (unpaired) electrons. The molecule has 4 rings (SSSR count). The van der Waals surface area contributed by atoms with E-state index in [1.807, 2.05) is 12.1 Å². The van der Waals surface area contributed by atoms with Gasteiger partial charge >= 0.3 is 23.5 Å². The average molecular weight is 675 g/mol. The number of aliphatic carboxylic acids is 1. The number of carbonyl (C=O) groups is 3. The molecule has 256 valence electrons. The molecule has 1 unspecified atom stereocenters. The Hall–Kier alpha value is -6.51. The summed E-state index contributed by atoms with van der Waals surface area (Å²) in [5, 5.41) is 37.3. The van der Waals surface area contributed by atoms with Crippen molar-refractivity contribution in [3.05, 3.63) is 63.2 Å². The van der Waals surface area contributed by atoms with Crippen molar-refractivity contribution in [2.75, 3.05) is 50.5 Å². The van der Waals surface area contributed by atoms with Gasteiger partial charge in [-0.25, -0.2) is 4.79 Å². The van der Waals surface area contributed by atoms with Crippen molar-refractivity contribution in [1.29, 1.82) is 5.26 Å². The Morgan fingerprint density at radius 1 is 1.16 bits per heavy atom. The first-order valence-corrected chi connectivity index (χ1v) is 15.0. The molecule has 2 heterocycles. The molecule has 3 aromatic rings. The lowest BCUT2D eigenvalue weighted by atomic mass is 10.1. The number of ether oxygens (including phenoxy) is 2. The second-order valence-electron chi connectivity index (χ2n) is 10.7. The molecular weight excluding hydrogens is 640 g/mol. The van der Waals surface area contributed by atoms with E-state index in [0.29, 0.717) is 43.3 Å². The molecule has 2 aromatic carbocycles. The molecule has 0 aliphatic carbocycles. The first-order valence-electron chi connectivity index (χ1n) is 15.0. The summed E-state index contributed by atoms with van der Waals surface area (Å²) in [5.74, 6) is -3.84. The third-order valence-electron chi connectivity index (χ3n) is 7.19. The quantitative estimate of drug-likeness (QED) is 0.134. The lowest BCUT2D eigenvalue weighted by molar-refractivity contribution is -0.385. The number of anilines is 2. The van der Waals surface area contributed by atoms with E-state index in [4.69, 9.17) is 15.2 Å². The zero-order valence-electron chi connectivity index (χ0n) is 27.1. The maximum atomic E-state index is 13.4. The molecule has 0 saturated heterocycles. The van der Waals surface area contributed by atoms with Crippen LogP contribution in [0, 0.1) is 21.4 Å². The first-order chi connectivity index (χ1) is 23.3. The van der Waals surface area contributed by atoms with Crippen molar-refractivity contribution in [1.82, 2.24) is 20.2 Å². The van der Waals surface area contributed by atoms with Crippen LogP contribution in [-0.4, -0.2) is 94.8 Å². The van der Waals surface area contributed by atoms with E-state index in [1.165, 1.54) is 23.1 Å². The van der Waals surface area contributed by atoms with Gasteiger partial charge in [0.05, 0.1) is 35.1 Å². The van der Waals surface area contributed by atoms with Crippen molar-refractivity contribution in [3.8, 4) is 29.5 Å². The van der Waals surface area contributed by atoms with Crippen LogP contribution in [0.25, 0.3) is 0 Å². The van der Waals surface area contributed by atoms with Crippen molar-refractivity contribution in [2.45, 2.75) is 26.3 Å². The van der Waals surface area contributed by atoms with Gasteiger partial charge in [-0.2, -0.15) is 15.2 Å². The van der Waals surface area contributed by atoms with Gasteiger partial charge in [-0.1, -0.05) is 0 Å². The number of aliphatic imine (C=N–C) groups is 1. The molecule has 2 amide bonds. The number of nitro groups is 1. The van der Waals surface area contributed by atoms with E-state index in [0.717, 1.165) is 0 Å². The van der Waals surface area contributed by atoms with Gasteiger partial charge in [0, 0.05) is 51.0 Å². The SMILES string of the molecule is CCN(CC)C(=O)c1ccc(C#N)cc1Oc1nc(NC(CC(N)=O)C(=O)O)c([N+](=O)[O-])c(Oc2cc(C3=NCCN3)cc(N(C)C)c2)n1. The van der Waals surface area contributed by atoms with Crippen molar-refractivity contribution >= 4 is 40.8 Å². The maximum absolute atomic E-state index is 13.4. The molecule has 18 nitrogen and oxygen atoms in total. The number of amides is 2. The molecule has 1 aliphatic rings. The normalized spacial score (nSPS) is 12.5. The zero-order valence-corrected chi connectivity index (χ0v) is 27.1. The summed E-state index contributed by atoms with van der Waals surface area (Å²) >= 11 is 0. The molecule has 49 heavy (non-hydrogen) atoms. The number of nitrogens with two attached hydrogens (primary N) is 1. The molecule has 1 aliphatic heterocycles. The van der Waals surface area contributed by atoms with Crippen LogP contribution in [0.3, 0.4) is 0 Å². The number of nitrogens with one attached hydrogen (secondary N) is 2. The number of benzene rings is 2. The monoisotopic (exact) mass is 674 g/mol. The van der Waals surface area contributed by atoms with Gasteiger partial charge in [0.2, 0.25) is 11.7 Å². The minimum atomic E-state index is -1.75. The highest BCUT2D eigenvalue weighted by Gasteiger charge is 2.32. The van der Waals surface area contributed by atoms with E-state index in [-0.39, 0.29) is 22.6 Å². The number of hydrogen-bond donors (Lipinski definition) is 4. The van der Waals surface area contributed by atoms with Crippen LogP contribution in [0.15, 0.2) is 41.4 Å². The van der Waals surface area contributed by atoms with E-state index >= 15 is 0 Å². The summed E-state index contributed by atoms with van der Waals surface area (Å²) in [6.45, 7) is 5.45. The lowest BCUT2D eigenvalue weighted by Crippen LogP contribution is -2.34. The Balaban J connectivity index is 1.92. The topological polar surface area (TPSA) is 252 Å². The van der Waals surface area contributed by atoms with Crippen LogP contribution < -0.4 is 30.7 Å². The Morgan fingerprint density at radius 2 is 1.90 bits per heavy atom. The van der Waals surface area contributed by atoms with Gasteiger partial charge in [0.1, 0.15) is 23.4 Å². The van der Waals surface area contributed by atoms with E-state index in [1.54, 1.807) is 45.0 Å². The number of hydrogen-bond acceptors (Lipinski definition) is 14. The van der Waals surface area contributed by atoms with Crippen LogP contribution in [0.5, 0.6) is 23.4 Å². The minimum Gasteiger partial charge on any atom is -0.480 e. The largest absolute Gasteiger partial charge is 0.480 e. The highest BCUT2D eigenvalue weighted by Crippen LogP contribution is 2.39. The predicted octanol–water partition coefficient (Wildman–Crippen LogP) is 2.48. The van der Waals surface area contributed by atoms with E-state index in [2.05, 4.69) is 25.6 Å². The fourth-order valence-electron chi connectivity index (χ4n) is 4.74. The number of nitrogens with zero attached hydrogens (tertiary/aromatic N) is 7. The maximum Gasteiger partial charge on any atom is 0.373 e. The number of primary amides is 1. The van der Waals surface area contributed by atoms with Gasteiger partial charge in [-0.3, -0.25) is 24.7 Å². The van der Waals surface area contributed by atoms with Crippen LogP contribution in [-0.2, 0) is 9.59 Å². The molecule has 0 fully saturated rings. The van der Waals surface area contributed by atoms with Crippen LogP contribution in [0.4, 0.5) is 17.2 Å². The Labute approximate surface area is 280 Å². The predicted molar refractivity (Wildman–Crippen MR) is 176 cm³/mol. The summed E-state index contributed by atoms with van der Waals surface area (Å²) < 4.78 is 11.9. The molecule has 0 bridgehead atoms. The van der Waals surface area contributed by atoms with Crippen molar-refractivity contribution in [2.24, 2.45) is 10.7 Å². The summed E-state index contributed by atoms with van der Waals surface area (Å²) in [6, 6.07) is 8.67. The summed E-state index contributed by atoms with van der Waals surface area (Å²) in [6.07, 6.45) is -0.751. The van der Waals surface area contributed by atoms with Crippen LogP contribution in [0.2, 0.25) is 0 Å². The van der Waals surface area contributed by atoms with Gasteiger partial charge in [0.15, 0.2) is 0 Å². The molecule has 18 heteroatoms. The second kappa shape index (κ2) is 15.4. The Bertz CT molecular complexity index is 1850. The van der Waals surface area contributed by atoms with Crippen molar-refractivity contribution < 1.29 is 33.9 Å².